The van der Waals surface area contributed by atoms with Gasteiger partial charge in [-0.1, -0.05) is 78.4 Å². The Hall–Kier alpha value is -3.67. The fourth-order valence-corrected chi connectivity index (χ4v) is 4.93. The molecule has 1 unspecified atom stereocenters. The average molecular weight is 495 g/mol. The third-order valence-electron chi connectivity index (χ3n) is 7.14. The summed E-state index contributed by atoms with van der Waals surface area (Å²) < 4.78 is 11.9. The highest BCUT2D eigenvalue weighted by Gasteiger charge is 2.26. The molecule has 0 saturated carbocycles. The number of carbonyl (C=O) groups excluding carboxylic acids is 1. The van der Waals surface area contributed by atoms with E-state index in [1.165, 1.54) is 5.56 Å². The third kappa shape index (κ3) is 6.01. The van der Waals surface area contributed by atoms with Crippen molar-refractivity contribution in [2.24, 2.45) is 0 Å². The highest BCUT2D eigenvalue weighted by atomic mass is 16.5. The van der Waals surface area contributed by atoms with Crippen LogP contribution in [0.25, 0.3) is 10.8 Å². The van der Waals surface area contributed by atoms with Crippen molar-refractivity contribution in [1.29, 1.82) is 0 Å². The van der Waals surface area contributed by atoms with E-state index >= 15 is 0 Å². The van der Waals surface area contributed by atoms with E-state index in [4.69, 9.17) is 9.47 Å². The number of carbonyl (C=O) groups is 1. The molecule has 4 aromatic carbocycles. The van der Waals surface area contributed by atoms with Gasteiger partial charge in [0.25, 0.3) is 5.91 Å². The van der Waals surface area contributed by atoms with E-state index in [1.54, 1.807) is 7.11 Å². The summed E-state index contributed by atoms with van der Waals surface area (Å²) in [6.07, 6.45) is -0.100. The molecule has 0 aliphatic carbocycles. The largest absolute Gasteiger partial charge is 0.497 e. The molecule has 1 heterocycles. The molecule has 1 atom stereocenters. The van der Waals surface area contributed by atoms with Crippen LogP contribution in [0.4, 0.5) is 0 Å². The lowest BCUT2D eigenvalue weighted by atomic mass is 10.0. The number of hydrogen-bond donors (Lipinski definition) is 0. The zero-order valence-corrected chi connectivity index (χ0v) is 21.6. The van der Waals surface area contributed by atoms with Crippen LogP contribution >= 0.6 is 0 Å². The lowest BCUT2D eigenvalue weighted by Gasteiger charge is -2.36. The standard InChI is InChI=1S/C32H34N2O3/c1-24-13-15-25(16-14-24)23-37-31(27-9-5-10-28(21-27)36-2)22-33-17-19-34(20-18-33)32(35)30-12-6-8-26-7-3-4-11-29(26)30/h3-16,21,31H,17-20,22-23H2,1-2H3. The van der Waals surface area contributed by atoms with Crippen LogP contribution in [-0.2, 0) is 11.3 Å². The maximum absolute atomic E-state index is 13.4. The van der Waals surface area contributed by atoms with Gasteiger partial charge in [0.1, 0.15) is 5.75 Å². The van der Waals surface area contributed by atoms with Gasteiger partial charge in [-0.25, -0.2) is 0 Å². The molecule has 5 rings (SSSR count). The minimum atomic E-state index is -0.100. The summed E-state index contributed by atoms with van der Waals surface area (Å²) in [6.45, 7) is 6.41. The van der Waals surface area contributed by atoms with Crippen molar-refractivity contribution in [2.45, 2.75) is 19.6 Å². The van der Waals surface area contributed by atoms with Crippen LogP contribution in [0, 0.1) is 6.92 Å². The van der Waals surface area contributed by atoms with Gasteiger partial charge in [-0.3, -0.25) is 9.69 Å². The van der Waals surface area contributed by atoms with E-state index in [2.05, 4.69) is 60.4 Å². The van der Waals surface area contributed by atoms with Gasteiger partial charge in [0, 0.05) is 38.3 Å². The second kappa shape index (κ2) is 11.6. The number of aryl methyl sites for hydroxylation is 1. The van der Waals surface area contributed by atoms with Gasteiger partial charge in [0.05, 0.1) is 19.8 Å². The van der Waals surface area contributed by atoms with E-state index in [0.29, 0.717) is 19.7 Å². The van der Waals surface area contributed by atoms with Crippen LogP contribution in [0.3, 0.4) is 0 Å². The quantitative estimate of drug-likeness (QED) is 0.307. The first kappa shape index (κ1) is 25.0. The molecule has 1 aliphatic heterocycles. The first-order chi connectivity index (χ1) is 18.1. The molecular formula is C32H34N2O3. The zero-order chi connectivity index (χ0) is 25.6. The summed E-state index contributed by atoms with van der Waals surface area (Å²) >= 11 is 0. The van der Waals surface area contributed by atoms with Crippen molar-refractivity contribution < 1.29 is 14.3 Å². The average Bonchev–Trinajstić information content (AvgIpc) is 2.96. The number of nitrogens with zero attached hydrogens (tertiary/aromatic N) is 2. The van der Waals surface area contributed by atoms with Gasteiger partial charge >= 0.3 is 0 Å². The van der Waals surface area contributed by atoms with Crippen LogP contribution in [0.5, 0.6) is 5.75 Å². The minimum Gasteiger partial charge on any atom is -0.497 e. The molecule has 0 bridgehead atoms. The highest BCUT2D eigenvalue weighted by molar-refractivity contribution is 6.07. The highest BCUT2D eigenvalue weighted by Crippen LogP contribution is 2.26. The molecular weight excluding hydrogens is 460 g/mol. The van der Waals surface area contributed by atoms with Gasteiger partial charge < -0.3 is 14.4 Å². The van der Waals surface area contributed by atoms with Crippen molar-refractivity contribution in [1.82, 2.24) is 9.80 Å². The van der Waals surface area contributed by atoms with E-state index in [0.717, 1.165) is 52.8 Å². The first-order valence-electron chi connectivity index (χ1n) is 12.9. The maximum Gasteiger partial charge on any atom is 0.254 e. The summed E-state index contributed by atoms with van der Waals surface area (Å²) in [5, 5.41) is 2.11. The van der Waals surface area contributed by atoms with E-state index < -0.39 is 0 Å². The van der Waals surface area contributed by atoms with Crippen LogP contribution in [-0.4, -0.2) is 55.5 Å². The Labute approximate surface area is 219 Å². The number of piperazine rings is 1. The van der Waals surface area contributed by atoms with E-state index in [1.807, 2.05) is 47.4 Å². The lowest BCUT2D eigenvalue weighted by Crippen LogP contribution is -2.49. The Balaban J connectivity index is 1.25. The molecule has 5 nitrogen and oxygen atoms in total. The fourth-order valence-electron chi connectivity index (χ4n) is 4.93. The second-order valence-electron chi connectivity index (χ2n) is 9.68. The summed E-state index contributed by atoms with van der Waals surface area (Å²) in [7, 11) is 1.69. The molecule has 4 aromatic rings. The maximum atomic E-state index is 13.4. The van der Waals surface area contributed by atoms with Gasteiger partial charge in [-0.05, 0) is 47.0 Å². The van der Waals surface area contributed by atoms with Crippen molar-refractivity contribution in [3.63, 3.8) is 0 Å². The molecule has 37 heavy (non-hydrogen) atoms. The van der Waals surface area contributed by atoms with Gasteiger partial charge in [0.2, 0.25) is 0 Å². The molecule has 1 aliphatic rings. The fraction of sp³-hybridized carbons (Fsp3) is 0.281. The van der Waals surface area contributed by atoms with Crippen molar-refractivity contribution in [2.75, 3.05) is 39.8 Å². The third-order valence-corrected chi connectivity index (χ3v) is 7.14. The van der Waals surface area contributed by atoms with Crippen molar-refractivity contribution in [3.05, 3.63) is 113 Å². The second-order valence-corrected chi connectivity index (χ2v) is 9.68. The van der Waals surface area contributed by atoms with Crippen LogP contribution < -0.4 is 4.74 Å². The Morgan fingerprint density at radius 3 is 2.38 bits per heavy atom. The SMILES string of the molecule is COc1cccc(C(CN2CCN(C(=O)c3cccc4ccccc34)CC2)OCc2ccc(C)cc2)c1. The number of rotatable bonds is 8. The molecule has 5 heteroatoms. The Kier molecular flexibility index (Phi) is 7.83. The van der Waals surface area contributed by atoms with Gasteiger partial charge in [-0.2, -0.15) is 0 Å². The molecule has 0 aromatic heterocycles. The lowest BCUT2D eigenvalue weighted by molar-refractivity contribution is 0.00335. The molecule has 0 spiro atoms. The number of hydrogen-bond acceptors (Lipinski definition) is 4. The molecule has 1 saturated heterocycles. The number of benzene rings is 4. The number of methoxy groups -OCH3 is 1. The summed E-state index contributed by atoms with van der Waals surface area (Å²) in [6, 6.07) is 30.6. The number of ether oxygens (including phenoxy) is 2. The van der Waals surface area contributed by atoms with Crippen LogP contribution in [0.15, 0.2) is 91.0 Å². The number of amides is 1. The van der Waals surface area contributed by atoms with Gasteiger partial charge in [0.15, 0.2) is 0 Å². The Morgan fingerprint density at radius 1 is 0.865 bits per heavy atom. The van der Waals surface area contributed by atoms with E-state index in [9.17, 15) is 4.79 Å². The molecule has 1 fully saturated rings. The van der Waals surface area contributed by atoms with Crippen molar-refractivity contribution in [3.8, 4) is 5.75 Å². The monoisotopic (exact) mass is 494 g/mol. The zero-order valence-electron chi connectivity index (χ0n) is 21.6. The van der Waals surface area contributed by atoms with Crippen LogP contribution in [0.1, 0.15) is 33.2 Å². The predicted octanol–water partition coefficient (Wildman–Crippen LogP) is 5.87. The topological polar surface area (TPSA) is 42.0 Å². The minimum absolute atomic E-state index is 0.100. The summed E-state index contributed by atoms with van der Waals surface area (Å²) in [4.78, 5) is 17.8. The number of fused-ring (bicyclic) bond motifs is 1. The predicted molar refractivity (Wildman–Crippen MR) is 148 cm³/mol. The van der Waals surface area contributed by atoms with E-state index in [-0.39, 0.29) is 12.0 Å². The Morgan fingerprint density at radius 2 is 1.59 bits per heavy atom. The van der Waals surface area contributed by atoms with Crippen molar-refractivity contribution >= 4 is 16.7 Å². The van der Waals surface area contributed by atoms with Crippen LogP contribution in [0.2, 0.25) is 0 Å². The molecule has 0 radical (unpaired) electrons. The normalized spacial score (nSPS) is 15.0. The molecule has 1 amide bonds. The summed E-state index contributed by atoms with van der Waals surface area (Å²) in [5.74, 6) is 0.934. The first-order valence-corrected chi connectivity index (χ1v) is 12.9. The smallest absolute Gasteiger partial charge is 0.254 e. The Bertz CT molecular complexity index is 1340. The summed E-state index contributed by atoms with van der Waals surface area (Å²) in [5.41, 5.74) is 4.27. The van der Waals surface area contributed by atoms with Gasteiger partial charge in [-0.15, -0.1) is 0 Å². The molecule has 0 N–H and O–H groups in total. The molecule has 190 valence electrons.